The molecule has 1 unspecified atom stereocenters. The highest BCUT2D eigenvalue weighted by Gasteiger charge is 2.55. The summed E-state index contributed by atoms with van der Waals surface area (Å²) in [7, 11) is 0. The molecule has 7 heteroatoms. The van der Waals surface area contributed by atoms with E-state index < -0.39 is 11.4 Å². The van der Waals surface area contributed by atoms with Gasteiger partial charge in [-0.3, -0.25) is 19.3 Å². The lowest BCUT2D eigenvalue weighted by molar-refractivity contribution is 0.0647. The summed E-state index contributed by atoms with van der Waals surface area (Å²) in [6.45, 7) is 2.02. The lowest BCUT2D eigenvalue weighted by atomic mass is 9.83. The van der Waals surface area contributed by atoms with Crippen molar-refractivity contribution >= 4 is 12.0 Å². The van der Waals surface area contributed by atoms with Crippen molar-refractivity contribution in [3.8, 4) is 5.75 Å². The van der Waals surface area contributed by atoms with Gasteiger partial charge in [0.05, 0.1) is 6.54 Å². The molecule has 1 aliphatic heterocycles. The molecule has 1 atom stereocenters. The Balaban J connectivity index is 1.35. The third-order valence-electron chi connectivity index (χ3n) is 9.27. The maximum absolute atomic E-state index is 15.4. The standard InChI is InChI=1S/C38H30FN3O3/c1-25-10-9-15-29(34(25)39)22-40-24-42(38-30(20-27-13-5-7-16-31(27)38)21-28-14-6-8-17-32(28)38)41-19-18-33(43)36(35(41)37(40)44)45-23-26-11-3-2-4-12-26/h2-20H,21-24H2,1H3. The Bertz CT molecular complexity index is 2090. The first kappa shape index (κ1) is 27.1. The summed E-state index contributed by atoms with van der Waals surface area (Å²) in [5, 5.41) is 2.15. The molecule has 8 rings (SSSR count). The second-order valence-electron chi connectivity index (χ2n) is 11.9. The Morgan fingerprint density at radius 2 is 1.60 bits per heavy atom. The van der Waals surface area contributed by atoms with Gasteiger partial charge in [0.1, 0.15) is 24.6 Å². The van der Waals surface area contributed by atoms with Crippen molar-refractivity contribution in [2.24, 2.45) is 0 Å². The largest absolute Gasteiger partial charge is 0.482 e. The van der Waals surface area contributed by atoms with Crippen LogP contribution >= 0.6 is 0 Å². The number of carbonyl (C=O) groups is 1. The molecule has 5 aromatic rings. The Labute approximate surface area is 260 Å². The lowest BCUT2D eigenvalue weighted by Gasteiger charge is -2.49. The van der Waals surface area contributed by atoms with Crippen LogP contribution in [0.15, 0.2) is 120 Å². The smallest absolute Gasteiger partial charge is 0.278 e. The number of aromatic nitrogens is 1. The fourth-order valence-corrected chi connectivity index (χ4v) is 7.23. The maximum atomic E-state index is 15.4. The van der Waals surface area contributed by atoms with E-state index in [0.717, 1.165) is 28.7 Å². The first-order valence-electron chi connectivity index (χ1n) is 15.1. The van der Waals surface area contributed by atoms with E-state index in [1.165, 1.54) is 17.2 Å². The van der Waals surface area contributed by atoms with Gasteiger partial charge in [0.2, 0.25) is 5.43 Å². The van der Waals surface area contributed by atoms with Crippen LogP contribution in [-0.2, 0) is 25.1 Å². The quantitative estimate of drug-likeness (QED) is 0.231. The van der Waals surface area contributed by atoms with Gasteiger partial charge < -0.3 is 9.64 Å². The highest BCUT2D eigenvalue weighted by molar-refractivity contribution is 5.96. The summed E-state index contributed by atoms with van der Waals surface area (Å²) in [5.41, 5.74) is 6.48. The van der Waals surface area contributed by atoms with E-state index in [1.54, 1.807) is 40.9 Å². The Morgan fingerprint density at radius 3 is 2.44 bits per heavy atom. The predicted molar refractivity (Wildman–Crippen MR) is 171 cm³/mol. The number of ether oxygens (including phenoxy) is 1. The topological polar surface area (TPSA) is 54.8 Å². The SMILES string of the molecule is Cc1cccc(CN2CN(C34C(=Cc5ccccc53)Cc3ccccc34)n3ccc(=O)c(OCc4ccccc4)c3C2=O)c1F. The van der Waals surface area contributed by atoms with E-state index in [-0.39, 0.29) is 42.5 Å². The highest BCUT2D eigenvalue weighted by Crippen LogP contribution is 2.55. The summed E-state index contributed by atoms with van der Waals surface area (Å²) in [6.07, 6.45) is 4.66. The van der Waals surface area contributed by atoms with Crippen LogP contribution in [0.4, 0.5) is 4.39 Å². The predicted octanol–water partition coefficient (Wildman–Crippen LogP) is 6.32. The fraction of sp³-hybridized carbons (Fsp3) is 0.158. The minimum absolute atomic E-state index is 0.0229. The number of hydrogen-bond donors (Lipinski definition) is 0. The number of benzene rings is 4. The van der Waals surface area contributed by atoms with Gasteiger partial charge >= 0.3 is 0 Å². The number of nitrogens with zero attached hydrogens (tertiary/aromatic N) is 3. The van der Waals surface area contributed by atoms with Crippen LogP contribution in [0.2, 0.25) is 0 Å². The molecule has 2 heterocycles. The molecule has 2 aliphatic carbocycles. The van der Waals surface area contributed by atoms with Gasteiger partial charge in [0, 0.05) is 17.8 Å². The van der Waals surface area contributed by atoms with Crippen LogP contribution in [0.3, 0.4) is 0 Å². The number of amides is 1. The van der Waals surface area contributed by atoms with Gasteiger partial charge in [0.15, 0.2) is 11.4 Å². The molecule has 0 saturated carbocycles. The van der Waals surface area contributed by atoms with Gasteiger partial charge in [-0.1, -0.05) is 103 Å². The summed E-state index contributed by atoms with van der Waals surface area (Å²) in [4.78, 5) is 29.6. The van der Waals surface area contributed by atoms with Crippen molar-refractivity contribution in [3.05, 3.63) is 176 Å². The Hall–Kier alpha value is -5.43. The first-order valence-corrected chi connectivity index (χ1v) is 15.1. The molecule has 45 heavy (non-hydrogen) atoms. The average Bonchev–Trinajstić information content (AvgIpc) is 3.56. The van der Waals surface area contributed by atoms with Crippen molar-refractivity contribution in [2.45, 2.75) is 32.0 Å². The second kappa shape index (κ2) is 10.3. The molecule has 0 spiro atoms. The molecule has 1 aromatic heterocycles. The molecule has 1 amide bonds. The molecule has 6 nitrogen and oxygen atoms in total. The van der Waals surface area contributed by atoms with Crippen molar-refractivity contribution in [1.29, 1.82) is 0 Å². The van der Waals surface area contributed by atoms with Gasteiger partial charge in [0.25, 0.3) is 5.91 Å². The summed E-state index contributed by atoms with van der Waals surface area (Å²) in [6, 6.07) is 32.9. The number of pyridine rings is 1. The van der Waals surface area contributed by atoms with Gasteiger partial charge in [-0.25, -0.2) is 4.39 Å². The third-order valence-corrected chi connectivity index (χ3v) is 9.27. The number of rotatable bonds is 6. The number of fused-ring (bicyclic) bond motifs is 6. The van der Waals surface area contributed by atoms with Crippen LogP contribution in [0.5, 0.6) is 5.75 Å². The molecule has 0 fully saturated rings. The van der Waals surface area contributed by atoms with E-state index >= 15 is 4.39 Å². The van der Waals surface area contributed by atoms with Crippen molar-refractivity contribution in [3.63, 3.8) is 0 Å². The normalized spacial score (nSPS) is 17.8. The Kier molecular flexibility index (Phi) is 6.24. The molecule has 222 valence electrons. The third kappa shape index (κ3) is 4.07. The molecule has 0 radical (unpaired) electrons. The summed E-state index contributed by atoms with van der Waals surface area (Å²) in [5.74, 6) is -0.762. The Morgan fingerprint density at radius 1 is 0.844 bits per heavy atom. The molecule has 0 N–H and O–H groups in total. The van der Waals surface area contributed by atoms with Crippen LogP contribution in [0.1, 0.15) is 49.4 Å². The van der Waals surface area contributed by atoms with E-state index in [9.17, 15) is 9.59 Å². The zero-order valence-electron chi connectivity index (χ0n) is 24.7. The zero-order chi connectivity index (χ0) is 30.7. The summed E-state index contributed by atoms with van der Waals surface area (Å²) < 4.78 is 23.4. The lowest BCUT2D eigenvalue weighted by Crippen LogP contribution is -2.62. The summed E-state index contributed by atoms with van der Waals surface area (Å²) >= 11 is 0. The molecule has 0 bridgehead atoms. The minimum atomic E-state index is -0.752. The average molecular weight is 596 g/mol. The molecule has 0 saturated heterocycles. The molecule has 3 aliphatic rings. The monoisotopic (exact) mass is 595 g/mol. The van der Waals surface area contributed by atoms with E-state index in [0.29, 0.717) is 11.1 Å². The molecule has 4 aromatic carbocycles. The van der Waals surface area contributed by atoms with Crippen LogP contribution in [0.25, 0.3) is 6.08 Å². The van der Waals surface area contributed by atoms with Crippen LogP contribution < -0.4 is 15.2 Å². The number of aryl methyl sites for hydroxylation is 1. The van der Waals surface area contributed by atoms with Gasteiger partial charge in [-0.05, 0) is 52.3 Å². The van der Waals surface area contributed by atoms with Crippen LogP contribution in [0, 0.1) is 12.7 Å². The van der Waals surface area contributed by atoms with Crippen molar-refractivity contribution < 1.29 is 13.9 Å². The van der Waals surface area contributed by atoms with Crippen molar-refractivity contribution in [1.82, 2.24) is 9.58 Å². The zero-order valence-corrected chi connectivity index (χ0v) is 24.7. The number of halogens is 1. The number of carbonyl (C=O) groups excluding carboxylic acids is 1. The molecular formula is C38H30FN3O3. The van der Waals surface area contributed by atoms with Crippen molar-refractivity contribution in [2.75, 3.05) is 11.7 Å². The van der Waals surface area contributed by atoms with Gasteiger partial charge in [-0.15, -0.1) is 0 Å². The highest BCUT2D eigenvalue weighted by atomic mass is 19.1. The second-order valence-corrected chi connectivity index (χ2v) is 11.9. The van der Waals surface area contributed by atoms with Crippen LogP contribution in [-0.4, -0.2) is 22.2 Å². The molecular weight excluding hydrogens is 565 g/mol. The van der Waals surface area contributed by atoms with E-state index in [1.807, 2.05) is 54.6 Å². The van der Waals surface area contributed by atoms with Gasteiger partial charge in [-0.2, -0.15) is 0 Å². The minimum Gasteiger partial charge on any atom is -0.482 e. The van der Waals surface area contributed by atoms with E-state index in [2.05, 4.69) is 35.4 Å². The first-order chi connectivity index (χ1) is 22.0. The number of hydrogen-bond acceptors (Lipinski definition) is 4. The maximum Gasteiger partial charge on any atom is 0.278 e. The fourth-order valence-electron chi connectivity index (χ4n) is 7.23. The van der Waals surface area contributed by atoms with E-state index in [4.69, 9.17) is 4.74 Å².